The van der Waals surface area contributed by atoms with Gasteiger partial charge in [-0.1, -0.05) is 18.2 Å². The predicted octanol–water partition coefficient (Wildman–Crippen LogP) is 4.55. The Morgan fingerprint density at radius 3 is 2.63 bits per heavy atom. The zero-order valence-electron chi connectivity index (χ0n) is 22.3. The molecule has 38 heavy (non-hydrogen) atoms. The Morgan fingerprint density at radius 1 is 1.08 bits per heavy atom. The third kappa shape index (κ3) is 6.79. The molecular formula is C29H34N6O2S. The van der Waals surface area contributed by atoms with E-state index in [4.69, 9.17) is 4.74 Å². The van der Waals surface area contributed by atoms with Crippen molar-refractivity contribution < 1.29 is 9.53 Å². The lowest BCUT2D eigenvalue weighted by molar-refractivity contribution is 0.0964. The first-order valence-electron chi connectivity index (χ1n) is 12.5. The van der Waals surface area contributed by atoms with E-state index < -0.39 is 0 Å². The van der Waals surface area contributed by atoms with Crippen LogP contribution in [-0.2, 0) is 0 Å². The Kier molecular flexibility index (Phi) is 9.51. The highest BCUT2D eigenvalue weighted by Gasteiger charge is 2.18. The number of thioether (sulfide) groups is 1. The van der Waals surface area contributed by atoms with Crippen molar-refractivity contribution >= 4 is 34.4 Å². The number of nitrogens with zero attached hydrogens (tertiary/aromatic N) is 4. The number of carbonyl (C=O) groups is 1. The van der Waals surface area contributed by atoms with Gasteiger partial charge in [-0.25, -0.2) is 9.97 Å². The molecule has 2 aromatic heterocycles. The molecule has 198 valence electrons. The van der Waals surface area contributed by atoms with Gasteiger partial charge in [0.2, 0.25) is 0 Å². The highest BCUT2D eigenvalue weighted by molar-refractivity contribution is 7.98. The molecule has 0 fully saturated rings. The Balaban J connectivity index is 1.50. The average Bonchev–Trinajstić information content (AvgIpc) is 2.94. The fourth-order valence-electron chi connectivity index (χ4n) is 4.23. The summed E-state index contributed by atoms with van der Waals surface area (Å²) in [6.45, 7) is 2.18. The van der Waals surface area contributed by atoms with Crippen molar-refractivity contribution in [2.45, 2.75) is 5.92 Å². The molecule has 4 aromatic rings. The molecule has 0 radical (unpaired) electrons. The number of rotatable bonds is 12. The summed E-state index contributed by atoms with van der Waals surface area (Å²) in [5.74, 6) is 2.54. The first-order valence-corrected chi connectivity index (χ1v) is 13.9. The van der Waals surface area contributed by atoms with Crippen molar-refractivity contribution in [3.05, 3.63) is 78.2 Å². The molecule has 0 aliphatic carbocycles. The van der Waals surface area contributed by atoms with Crippen molar-refractivity contribution in [3.8, 4) is 17.0 Å². The fourth-order valence-corrected chi connectivity index (χ4v) is 4.93. The number of hydrogen-bond acceptors (Lipinski definition) is 8. The summed E-state index contributed by atoms with van der Waals surface area (Å²) in [6.07, 6.45) is 5.38. The third-order valence-corrected chi connectivity index (χ3v) is 6.97. The van der Waals surface area contributed by atoms with Crippen LogP contribution in [-0.4, -0.2) is 78.6 Å². The Morgan fingerprint density at radius 2 is 1.89 bits per heavy atom. The molecule has 0 aliphatic heterocycles. The van der Waals surface area contributed by atoms with Crippen LogP contribution in [0.1, 0.15) is 21.8 Å². The number of nitrogens with one attached hydrogen (secondary N) is 2. The van der Waals surface area contributed by atoms with E-state index in [0.717, 1.165) is 51.6 Å². The number of aromatic nitrogens is 3. The van der Waals surface area contributed by atoms with Gasteiger partial charge in [0.1, 0.15) is 24.5 Å². The summed E-state index contributed by atoms with van der Waals surface area (Å²) < 4.78 is 5.80. The lowest BCUT2D eigenvalue weighted by atomic mass is 9.95. The van der Waals surface area contributed by atoms with Gasteiger partial charge in [-0.3, -0.25) is 9.78 Å². The molecule has 0 bridgehead atoms. The van der Waals surface area contributed by atoms with Crippen molar-refractivity contribution in [3.63, 3.8) is 0 Å². The standard InChI is InChI=1S/C29H34N6O2S/c1-30-29(36)25-12-13-31-28-23(6-5-7-24(25)28)21(18-38-4)17-32-27-16-26(33-19-34-27)20-8-10-22(11-9-20)37-15-14-35(2)3/h5-13,16,19,21H,14-15,17-18H2,1-4H3,(H,30,36)(H,32,33,34). The maximum absolute atomic E-state index is 12.4. The second-order valence-corrected chi connectivity index (χ2v) is 10.1. The molecule has 1 unspecified atom stereocenters. The van der Waals surface area contributed by atoms with Crippen LogP contribution in [0.3, 0.4) is 0 Å². The molecule has 2 heterocycles. The first-order chi connectivity index (χ1) is 18.5. The monoisotopic (exact) mass is 530 g/mol. The zero-order chi connectivity index (χ0) is 26.9. The number of amides is 1. The third-order valence-electron chi connectivity index (χ3n) is 6.24. The van der Waals surface area contributed by atoms with E-state index in [1.165, 1.54) is 0 Å². The largest absolute Gasteiger partial charge is 0.492 e. The summed E-state index contributed by atoms with van der Waals surface area (Å²) in [5.41, 5.74) is 4.42. The van der Waals surface area contributed by atoms with E-state index >= 15 is 0 Å². The number of pyridine rings is 1. The number of para-hydroxylation sites is 1. The summed E-state index contributed by atoms with van der Waals surface area (Å²) in [5, 5.41) is 7.08. The highest BCUT2D eigenvalue weighted by Crippen LogP contribution is 2.29. The van der Waals surface area contributed by atoms with Gasteiger partial charge < -0.3 is 20.3 Å². The molecule has 2 N–H and O–H groups in total. The van der Waals surface area contributed by atoms with Crippen molar-refractivity contribution in [2.75, 3.05) is 58.2 Å². The van der Waals surface area contributed by atoms with Gasteiger partial charge in [0, 0.05) is 55.0 Å². The zero-order valence-corrected chi connectivity index (χ0v) is 23.1. The van der Waals surface area contributed by atoms with Gasteiger partial charge in [0.05, 0.1) is 16.8 Å². The van der Waals surface area contributed by atoms with Gasteiger partial charge in [-0.05, 0) is 56.2 Å². The van der Waals surface area contributed by atoms with Crippen molar-refractivity contribution in [1.29, 1.82) is 0 Å². The number of ether oxygens (including phenoxy) is 1. The molecule has 1 amide bonds. The second kappa shape index (κ2) is 13.2. The Hall–Kier alpha value is -3.69. The van der Waals surface area contributed by atoms with E-state index in [-0.39, 0.29) is 11.8 Å². The van der Waals surface area contributed by atoms with E-state index in [9.17, 15) is 4.79 Å². The molecule has 9 heteroatoms. The molecule has 1 atom stereocenters. The van der Waals surface area contributed by atoms with Crippen molar-refractivity contribution in [2.24, 2.45) is 0 Å². The summed E-state index contributed by atoms with van der Waals surface area (Å²) in [6, 6.07) is 17.7. The van der Waals surface area contributed by atoms with Crippen LogP contribution < -0.4 is 15.4 Å². The minimum Gasteiger partial charge on any atom is -0.492 e. The highest BCUT2D eigenvalue weighted by atomic mass is 32.2. The number of anilines is 1. The van der Waals surface area contributed by atoms with Gasteiger partial charge >= 0.3 is 0 Å². The summed E-state index contributed by atoms with van der Waals surface area (Å²) >= 11 is 1.78. The van der Waals surface area contributed by atoms with E-state index in [2.05, 4.69) is 42.8 Å². The van der Waals surface area contributed by atoms with Gasteiger partial charge in [-0.15, -0.1) is 0 Å². The number of fused-ring (bicyclic) bond motifs is 1. The van der Waals surface area contributed by atoms with Crippen LogP contribution in [0.4, 0.5) is 5.82 Å². The predicted molar refractivity (Wildman–Crippen MR) is 156 cm³/mol. The molecular weight excluding hydrogens is 496 g/mol. The van der Waals surface area contributed by atoms with E-state index in [1.54, 1.807) is 37.4 Å². The lowest BCUT2D eigenvalue weighted by Gasteiger charge is -2.19. The minimum atomic E-state index is -0.115. The van der Waals surface area contributed by atoms with Crippen LogP contribution in [0.15, 0.2) is 67.1 Å². The molecule has 4 rings (SSSR count). The molecule has 8 nitrogen and oxygen atoms in total. The first kappa shape index (κ1) is 27.3. The average molecular weight is 531 g/mol. The van der Waals surface area contributed by atoms with Gasteiger partial charge in [0.15, 0.2) is 0 Å². The topological polar surface area (TPSA) is 92.3 Å². The normalized spacial score (nSPS) is 11.9. The maximum Gasteiger partial charge on any atom is 0.251 e. The van der Waals surface area contributed by atoms with Crippen LogP contribution in [0, 0.1) is 0 Å². The molecule has 2 aromatic carbocycles. The number of benzene rings is 2. The lowest BCUT2D eigenvalue weighted by Crippen LogP contribution is -2.19. The molecule has 0 saturated heterocycles. The Labute approximate surface area is 228 Å². The van der Waals surface area contributed by atoms with E-state index in [0.29, 0.717) is 18.7 Å². The van der Waals surface area contributed by atoms with Crippen LogP contribution >= 0.6 is 11.8 Å². The Bertz CT molecular complexity index is 1360. The van der Waals surface area contributed by atoms with Crippen LogP contribution in [0.25, 0.3) is 22.2 Å². The van der Waals surface area contributed by atoms with Gasteiger partial charge in [0.25, 0.3) is 5.91 Å². The summed E-state index contributed by atoms with van der Waals surface area (Å²) in [7, 11) is 5.70. The van der Waals surface area contributed by atoms with Gasteiger partial charge in [-0.2, -0.15) is 11.8 Å². The van der Waals surface area contributed by atoms with Crippen LogP contribution in [0.2, 0.25) is 0 Å². The SMILES string of the molecule is CNC(=O)c1ccnc2c(C(CNc3cc(-c4ccc(OCCN(C)C)cc4)ncn3)CSC)cccc12. The minimum absolute atomic E-state index is 0.115. The van der Waals surface area contributed by atoms with Crippen molar-refractivity contribution in [1.82, 2.24) is 25.2 Å². The number of carbonyl (C=O) groups excluding carboxylic acids is 1. The smallest absolute Gasteiger partial charge is 0.251 e. The summed E-state index contributed by atoms with van der Waals surface area (Å²) in [4.78, 5) is 28.1. The molecule has 0 spiro atoms. The number of likely N-dealkylation sites (N-methyl/N-ethyl adjacent to an activating group) is 1. The van der Waals surface area contributed by atoms with Crippen LogP contribution in [0.5, 0.6) is 5.75 Å². The maximum atomic E-state index is 12.4. The fraction of sp³-hybridized carbons (Fsp3) is 0.310. The number of hydrogen-bond donors (Lipinski definition) is 2. The molecule has 0 saturated carbocycles. The van der Waals surface area contributed by atoms with E-state index in [1.807, 2.05) is 56.6 Å². The quantitative estimate of drug-likeness (QED) is 0.276. The molecule has 0 aliphatic rings. The second-order valence-electron chi connectivity index (χ2n) is 9.18.